The molecule has 0 saturated carbocycles. The topological polar surface area (TPSA) is 90.0 Å². The Labute approximate surface area is 164 Å². The predicted octanol–water partition coefficient (Wildman–Crippen LogP) is 3.27. The first-order chi connectivity index (χ1) is 13.3. The number of esters is 1. The number of carbonyl (C=O) groups is 2. The highest BCUT2D eigenvalue weighted by molar-refractivity contribution is 7.89. The summed E-state index contributed by atoms with van der Waals surface area (Å²) in [6.07, 6.45) is -1.15. The standard InChI is InChI=1S/C20H23NO6S/c1-4-26-19(22)16(3)21(20(23)27-14-17-8-6-5-7-9-17)28(24,25)18-12-10-15(2)11-13-18/h5-13,16H,4,14H2,1-3H3/t16-/m1/s1. The Kier molecular flexibility index (Phi) is 7.17. The Morgan fingerprint density at radius 2 is 1.61 bits per heavy atom. The van der Waals surface area contributed by atoms with Gasteiger partial charge in [0.2, 0.25) is 0 Å². The van der Waals surface area contributed by atoms with Gasteiger partial charge < -0.3 is 9.47 Å². The zero-order chi connectivity index (χ0) is 20.7. The molecule has 28 heavy (non-hydrogen) atoms. The number of nitrogens with zero attached hydrogens (tertiary/aromatic N) is 1. The lowest BCUT2D eigenvalue weighted by atomic mass is 10.2. The maximum Gasteiger partial charge on any atom is 0.424 e. The molecule has 0 aromatic heterocycles. The zero-order valence-electron chi connectivity index (χ0n) is 16.0. The van der Waals surface area contributed by atoms with Crippen molar-refractivity contribution in [3.05, 3.63) is 65.7 Å². The van der Waals surface area contributed by atoms with Crippen LogP contribution < -0.4 is 0 Å². The van der Waals surface area contributed by atoms with Crippen LogP contribution in [0.4, 0.5) is 4.79 Å². The molecule has 2 aromatic rings. The lowest BCUT2D eigenvalue weighted by Crippen LogP contribution is -2.47. The summed E-state index contributed by atoms with van der Waals surface area (Å²) in [7, 11) is -4.33. The van der Waals surface area contributed by atoms with Crippen LogP contribution in [0.15, 0.2) is 59.5 Å². The number of sulfonamides is 1. The molecule has 0 heterocycles. The molecule has 150 valence electrons. The van der Waals surface area contributed by atoms with Crippen molar-refractivity contribution in [2.24, 2.45) is 0 Å². The van der Waals surface area contributed by atoms with Gasteiger partial charge >= 0.3 is 12.1 Å². The van der Waals surface area contributed by atoms with E-state index in [0.717, 1.165) is 5.56 Å². The Balaban J connectivity index is 2.34. The summed E-state index contributed by atoms with van der Waals surface area (Å²) in [6.45, 7) is 4.62. The number of ether oxygens (including phenoxy) is 2. The van der Waals surface area contributed by atoms with Crippen LogP contribution in [0.1, 0.15) is 25.0 Å². The van der Waals surface area contributed by atoms with Crippen molar-refractivity contribution in [2.45, 2.75) is 38.3 Å². The third-order valence-electron chi connectivity index (χ3n) is 3.94. The van der Waals surface area contributed by atoms with Gasteiger partial charge in [0.25, 0.3) is 10.0 Å². The minimum Gasteiger partial charge on any atom is -0.464 e. The summed E-state index contributed by atoms with van der Waals surface area (Å²) in [5.74, 6) is -0.838. The van der Waals surface area contributed by atoms with Gasteiger partial charge in [-0.05, 0) is 38.5 Å². The number of rotatable bonds is 7. The van der Waals surface area contributed by atoms with Crippen molar-refractivity contribution >= 4 is 22.1 Å². The van der Waals surface area contributed by atoms with Gasteiger partial charge in [0.15, 0.2) is 0 Å². The molecule has 0 aliphatic rings. The van der Waals surface area contributed by atoms with Gasteiger partial charge in [0.05, 0.1) is 11.5 Å². The Morgan fingerprint density at radius 3 is 2.18 bits per heavy atom. The van der Waals surface area contributed by atoms with Crippen LogP contribution in [-0.2, 0) is 30.9 Å². The van der Waals surface area contributed by atoms with Crippen LogP contribution in [0.25, 0.3) is 0 Å². The van der Waals surface area contributed by atoms with E-state index in [2.05, 4.69) is 0 Å². The third kappa shape index (κ3) is 5.10. The van der Waals surface area contributed by atoms with Crippen molar-refractivity contribution in [1.82, 2.24) is 4.31 Å². The number of carbonyl (C=O) groups excluding carboxylic acids is 2. The van der Waals surface area contributed by atoms with Gasteiger partial charge in [-0.3, -0.25) is 0 Å². The molecule has 0 aliphatic carbocycles. The predicted molar refractivity (Wildman–Crippen MR) is 103 cm³/mol. The molecule has 7 nitrogen and oxygen atoms in total. The molecule has 0 unspecified atom stereocenters. The van der Waals surface area contributed by atoms with Gasteiger partial charge in [0.1, 0.15) is 12.6 Å². The second kappa shape index (κ2) is 9.36. The number of hydrogen-bond acceptors (Lipinski definition) is 6. The molecular weight excluding hydrogens is 382 g/mol. The van der Waals surface area contributed by atoms with E-state index in [1.165, 1.54) is 19.1 Å². The Morgan fingerprint density at radius 1 is 1.00 bits per heavy atom. The van der Waals surface area contributed by atoms with Crippen molar-refractivity contribution in [3.63, 3.8) is 0 Å². The van der Waals surface area contributed by atoms with Gasteiger partial charge in [-0.15, -0.1) is 0 Å². The van der Waals surface area contributed by atoms with Crippen molar-refractivity contribution in [3.8, 4) is 0 Å². The Hall–Kier alpha value is -2.87. The minimum absolute atomic E-state index is 0.0562. The molecule has 8 heteroatoms. The molecule has 0 fully saturated rings. The fourth-order valence-corrected chi connectivity index (χ4v) is 3.89. The first kappa shape index (κ1) is 21.4. The maximum absolute atomic E-state index is 13.1. The van der Waals surface area contributed by atoms with Gasteiger partial charge in [-0.1, -0.05) is 48.0 Å². The fraction of sp³-hybridized carbons (Fsp3) is 0.300. The van der Waals surface area contributed by atoms with E-state index in [1.807, 2.05) is 13.0 Å². The van der Waals surface area contributed by atoms with Crippen LogP contribution in [0.5, 0.6) is 0 Å². The lowest BCUT2D eigenvalue weighted by molar-refractivity contribution is -0.146. The smallest absolute Gasteiger partial charge is 0.424 e. The van der Waals surface area contributed by atoms with E-state index >= 15 is 0 Å². The second-order valence-corrected chi connectivity index (χ2v) is 7.90. The molecule has 0 N–H and O–H groups in total. The molecule has 0 aliphatic heterocycles. The van der Waals surface area contributed by atoms with Crippen LogP contribution in [0, 0.1) is 6.92 Å². The number of benzene rings is 2. The summed E-state index contributed by atoms with van der Waals surface area (Å²) < 4.78 is 36.6. The number of amides is 1. The van der Waals surface area contributed by atoms with E-state index in [-0.39, 0.29) is 18.1 Å². The largest absolute Gasteiger partial charge is 0.464 e. The van der Waals surface area contributed by atoms with E-state index in [4.69, 9.17) is 9.47 Å². The minimum atomic E-state index is -4.33. The summed E-state index contributed by atoms with van der Waals surface area (Å²) in [4.78, 5) is 24.7. The Bertz CT molecular complexity index is 909. The second-order valence-electron chi connectivity index (χ2n) is 6.08. The summed E-state index contributed by atoms with van der Waals surface area (Å²) in [5, 5.41) is 0. The average Bonchev–Trinajstić information content (AvgIpc) is 2.67. The first-order valence-corrected chi connectivity index (χ1v) is 10.2. The normalized spacial score (nSPS) is 12.1. The monoisotopic (exact) mass is 405 g/mol. The van der Waals surface area contributed by atoms with E-state index in [0.29, 0.717) is 9.87 Å². The molecule has 2 aromatic carbocycles. The van der Waals surface area contributed by atoms with Crippen molar-refractivity contribution in [2.75, 3.05) is 6.61 Å². The van der Waals surface area contributed by atoms with Crippen LogP contribution in [0.2, 0.25) is 0 Å². The highest BCUT2D eigenvalue weighted by atomic mass is 32.2. The number of hydrogen-bond donors (Lipinski definition) is 0. The first-order valence-electron chi connectivity index (χ1n) is 8.75. The molecule has 0 saturated heterocycles. The third-order valence-corrected chi connectivity index (χ3v) is 5.79. The van der Waals surface area contributed by atoms with Gasteiger partial charge in [-0.2, -0.15) is 4.31 Å². The molecule has 1 amide bonds. The van der Waals surface area contributed by atoms with E-state index < -0.39 is 28.1 Å². The highest BCUT2D eigenvalue weighted by Crippen LogP contribution is 2.21. The molecule has 1 atom stereocenters. The van der Waals surface area contributed by atoms with Crippen molar-refractivity contribution < 1.29 is 27.5 Å². The molecule has 0 spiro atoms. The van der Waals surface area contributed by atoms with Gasteiger partial charge in [0, 0.05) is 0 Å². The van der Waals surface area contributed by atoms with E-state index in [1.54, 1.807) is 43.3 Å². The fourth-order valence-electron chi connectivity index (χ4n) is 2.43. The summed E-state index contributed by atoms with van der Waals surface area (Å²) >= 11 is 0. The molecular formula is C20H23NO6S. The highest BCUT2D eigenvalue weighted by Gasteiger charge is 2.39. The number of aryl methyl sites for hydroxylation is 1. The average molecular weight is 405 g/mol. The van der Waals surface area contributed by atoms with Crippen LogP contribution >= 0.6 is 0 Å². The maximum atomic E-state index is 13.1. The molecule has 0 bridgehead atoms. The van der Waals surface area contributed by atoms with Crippen LogP contribution in [-0.4, -0.2) is 37.4 Å². The zero-order valence-corrected chi connectivity index (χ0v) is 16.8. The lowest BCUT2D eigenvalue weighted by Gasteiger charge is -2.26. The molecule has 2 rings (SSSR count). The van der Waals surface area contributed by atoms with Gasteiger partial charge in [-0.25, -0.2) is 18.0 Å². The van der Waals surface area contributed by atoms with Crippen LogP contribution in [0.3, 0.4) is 0 Å². The SMILES string of the molecule is CCOC(=O)[C@@H](C)N(C(=O)OCc1ccccc1)S(=O)(=O)c1ccc(C)cc1. The molecule has 0 radical (unpaired) electrons. The summed E-state index contributed by atoms with van der Waals surface area (Å²) in [6, 6.07) is 13.4. The van der Waals surface area contributed by atoms with E-state index in [9.17, 15) is 18.0 Å². The quantitative estimate of drug-likeness (QED) is 0.657. The summed E-state index contributed by atoms with van der Waals surface area (Å²) in [5.41, 5.74) is 1.54. The van der Waals surface area contributed by atoms with Crippen molar-refractivity contribution in [1.29, 1.82) is 0 Å².